The molecule has 0 bridgehead atoms. The zero-order valence-corrected chi connectivity index (χ0v) is 21.3. The number of carbonyl (C=O) groups excluding carboxylic acids is 3. The van der Waals surface area contributed by atoms with E-state index in [2.05, 4.69) is 20.9 Å². The van der Waals surface area contributed by atoms with E-state index in [9.17, 15) is 29.4 Å². The summed E-state index contributed by atoms with van der Waals surface area (Å²) < 4.78 is 0. The average Bonchev–Trinajstić information content (AvgIpc) is 2.72. The number of nitrogens with one attached hydrogen (secondary N) is 3. The maximum atomic E-state index is 13.1. The Kier molecular flexibility index (Phi) is 14.5. The Balaban J connectivity index is 5.65. The number of carbonyl (C=O) groups is 4. The number of rotatable bonds is 16. The van der Waals surface area contributed by atoms with Crippen molar-refractivity contribution < 1.29 is 29.4 Å². The number of nitrogens with zero attached hydrogens (tertiary/aromatic N) is 1. The van der Waals surface area contributed by atoms with Crippen LogP contribution in [-0.4, -0.2) is 76.7 Å². The third-order valence-corrected chi connectivity index (χ3v) is 5.06. The summed E-state index contributed by atoms with van der Waals surface area (Å²) in [7, 11) is 0. The average molecular weight is 502 g/mol. The van der Waals surface area contributed by atoms with Crippen molar-refractivity contribution in [2.75, 3.05) is 6.54 Å². The van der Waals surface area contributed by atoms with Crippen molar-refractivity contribution in [1.29, 1.82) is 0 Å². The van der Waals surface area contributed by atoms with E-state index >= 15 is 0 Å². The molecule has 202 valence electrons. The van der Waals surface area contributed by atoms with Crippen LogP contribution in [0.3, 0.4) is 0 Å². The summed E-state index contributed by atoms with van der Waals surface area (Å²) >= 11 is 0. The van der Waals surface area contributed by atoms with Gasteiger partial charge in [0.1, 0.15) is 24.2 Å². The molecule has 35 heavy (non-hydrogen) atoms. The van der Waals surface area contributed by atoms with Crippen LogP contribution in [0.2, 0.25) is 0 Å². The first kappa shape index (κ1) is 32.1. The molecule has 0 spiro atoms. The predicted molar refractivity (Wildman–Crippen MR) is 132 cm³/mol. The van der Waals surface area contributed by atoms with Gasteiger partial charge in [0.2, 0.25) is 17.7 Å². The van der Waals surface area contributed by atoms with Crippen molar-refractivity contribution in [3.63, 3.8) is 0 Å². The molecular formula is C22H43N7O6. The van der Waals surface area contributed by atoms with E-state index in [4.69, 9.17) is 17.2 Å². The zero-order chi connectivity index (χ0) is 27.3. The lowest BCUT2D eigenvalue weighted by Crippen LogP contribution is -2.58. The summed E-state index contributed by atoms with van der Waals surface area (Å²) in [4.78, 5) is 53.8. The molecule has 0 aliphatic heterocycles. The van der Waals surface area contributed by atoms with Crippen LogP contribution < -0.4 is 33.2 Å². The van der Waals surface area contributed by atoms with Gasteiger partial charge in [-0.25, -0.2) is 4.79 Å². The third kappa shape index (κ3) is 13.5. The molecule has 0 aromatic rings. The van der Waals surface area contributed by atoms with Gasteiger partial charge >= 0.3 is 5.97 Å². The Bertz CT molecular complexity index is 738. The smallest absolute Gasteiger partial charge is 0.326 e. The van der Waals surface area contributed by atoms with Crippen LogP contribution in [0.15, 0.2) is 4.99 Å². The van der Waals surface area contributed by atoms with Crippen molar-refractivity contribution in [2.45, 2.75) is 90.6 Å². The molecule has 0 saturated heterocycles. The zero-order valence-electron chi connectivity index (χ0n) is 21.3. The van der Waals surface area contributed by atoms with Crippen molar-refractivity contribution in [3.8, 4) is 0 Å². The molecule has 3 amide bonds. The minimum absolute atomic E-state index is 0.00500. The molecule has 13 nitrogen and oxygen atoms in total. The van der Waals surface area contributed by atoms with Gasteiger partial charge in [-0.3, -0.25) is 19.4 Å². The van der Waals surface area contributed by atoms with Gasteiger partial charge in [-0.15, -0.1) is 0 Å². The second-order valence-corrected chi connectivity index (χ2v) is 9.50. The van der Waals surface area contributed by atoms with E-state index in [0.29, 0.717) is 6.42 Å². The molecule has 11 N–H and O–H groups in total. The number of amides is 3. The van der Waals surface area contributed by atoms with E-state index in [1.54, 1.807) is 0 Å². The summed E-state index contributed by atoms with van der Waals surface area (Å²) in [5, 5.41) is 26.7. The van der Waals surface area contributed by atoms with Gasteiger partial charge in [-0.2, -0.15) is 0 Å². The molecule has 0 fully saturated rings. The monoisotopic (exact) mass is 501 g/mol. The molecule has 5 unspecified atom stereocenters. The highest BCUT2D eigenvalue weighted by atomic mass is 16.4. The van der Waals surface area contributed by atoms with E-state index < -0.39 is 54.0 Å². The number of hydrogen-bond acceptors (Lipinski definition) is 7. The highest BCUT2D eigenvalue weighted by molar-refractivity contribution is 5.94. The Morgan fingerprint density at radius 3 is 1.71 bits per heavy atom. The van der Waals surface area contributed by atoms with Gasteiger partial charge < -0.3 is 43.4 Å². The highest BCUT2D eigenvalue weighted by Crippen LogP contribution is 2.09. The lowest BCUT2D eigenvalue weighted by molar-refractivity contribution is -0.143. The molecule has 0 aromatic carbocycles. The fourth-order valence-corrected chi connectivity index (χ4v) is 3.20. The molecule has 0 rings (SSSR count). The number of aliphatic carboxylic acids is 1. The van der Waals surface area contributed by atoms with Gasteiger partial charge in [-0.1, -0.05) is 27.7 Å². The molecule has 0 radical (unpaired) electrons. The van der Waals surface area contributed by atoms with Crippen LogP contribution in [0.4, 0.5) is 0 Å². The van der Waals surface area contributed by atoms with Crippen molar-refractivity contribution in [3.05, 3.63) is 0 Å². The van der Waals surface area contributed by atoms with Gasteiger partial charge in [0.15, 0.2) is 5.96 Å². The number of carboxylic acid groups (broad SMARTS) is 1. The van der Waals surface area contributed by atoms with Crippen molar-refractivity contribution >= 4 is 29.7 Å². The van der Waals surface area contributed by atoms with Gasteiger partial charge in [0.25, 0.3) is 0 Å². The summed E-state index contributed by atoms with van der Waals surface area (Å²) in [5.41, 5.74) is 16.3. The Morgan fingerprint density at radius 1 is 0.800 bits per heavy atom. The Morgan fingerprint density at radius 2 is 1.26 bits per heavy atom. The SMILES string of the molecule is CC(C)CC(NC(=O)C(CCCN=C(N)N)NC(=O)C(CC(C)C)NC(=O)C(N)C(C)O)C(=O)O. The summed E-state index contributed by atoms with van der Waals surface area (Å²) in [6.07, 6.45) is -0.221. The molecule has 5 atom stereocenters. The number of aliphatic imine (C=N–C) groups is 1. The Hall–Kier alpha value is -2.93. The van der Waals surface area contributed by atoms with Crippen LogP contribution in [-0.2, 0) is 19.2 Å². The number of aliphatic hydroxyl groups excluding tert-OH is 1. The largest absolute Gasteiger partial charge is 0.480 e. The van der Waals surface area contributed by atoms with E-state index in [0.717, 1.165) is 0 Å². The molecule has 0 heterocycles. The van der Waals surface area contributed by atoms with E-state index in [1.807, 2.05) is 27.7 Å². The maximum Gasteiger partial charge on any atom is 0.326 e. The minimum Gasteiger partial charge on any atom is -0.480 e. The molecule has 0 aliphatic carbocycles. The maximum absolute atomic E-state index is 13.1. The fraction of sp³-hybridized carbons (Fsp3) is 0.773. The Labute approximate surface area is 206 Å². The standard InChI is InChI=1S/C22H43N7O6/c1-11(2)9-15(28-20(33)17(23)13(5)30)19(32)27-14(7-6-8-26-22(24)25)18(31)29-16(21(34)35)10-12(3)4/h11-17,30H,6-10,23H2,1-5H3,(H,27,32)(H,28,33)(H,29,31)(H,34,35)(H4,24,25,26). The number of carboxylic acids is 1. The summed E-state index contributed by atoms with van der Waals surface area (Å²) in [6.45, 7) is 8.91. The van der Waals surface area contributed by atoms with E-state index in [-0.39, 0.29) is 43.6 Å². The molecule has 0 aliphatic rings. The molecule has 0 saturated carbocycles. The van der Waals surface area contributed by atoms with Crippen LogP contribution >= 0.6 is 0 Å². The molecule has 0 aromatic heterocycles. The van der Waals surface area contributed by atoms with E-state index in [1.165, 1.54) is 6.92 Å². The topological polar surface area (TPSA) is 235 Å². The van der Waals surface area contributed by atoms with Crippen LogP contribution in [0, 0.1) is 11.8 Å². The van der Waals surface area contributed by atoms with Gasteiger partial charge in [0.05, 0.1) is 6.10 Å². The number of hydrogen-bond donors (Lipinski definition) is 8. The van der Waals surface area contributed by atoms with Crippen molar-refractivity contribution in [1.82, 2.24) is 16.0 Å². The lowest BCUT2D eigenvalue weighted by atomic mass is 10.0. The molecule has 13 heteroatoms. The fourth-order valence-electron chi connectivity index (χ4n) is 3.20. The normalized spacial score (nSPS) is 15.5. The first-order valence-corrected chi connectivity index (χ1v) is 11.8. The second-order valence-electron chi connectivity index (χ2n) is 9.50. The number of aliphatic hydroxyl groups is 1. The highest BCUT2D eigenvalue weighted by Gasteiger charge is 2.31. The first-order chi connectivity index (χ1) is 16.1. The second kappa shape index (κ2) is 15.9. The van der Waals surface area contributed by atoms with Gasteiger partial charge in [-0.05, 0) is 44.4 Å². The molecular weight excluding hydrogens is 458 g/mol. The van der Waals surface area contributed by atoms with Crippen LogP contribution in [0.5, 0.6) is 0 Å². The van der Waals surface area contributed by atoms with Gasteiger partial charge in [0, 0.05) is 6.54 Å². The lowest BCUT2D eigenvalue weighted by Gasteiger charge is -2.26. The number of nitrogens with two attached hydrogens (primary N) is 3. The minimum atomic E-state index is -1.23. The van der Waals surface area contributed by atoms with Crippen LogP contribution in [0.1, 0.15) is 60.3 Å². The summed E-state index contributed by atoms with van der Waals surface area (Å²) in [5.74, 6) is -3.31. The quantitative estimate of drug-likeness (QED) is 0.0688. The predicted octanol–water partition coefficient (Wildman–Crippen LogP) is -1.62. The summed E-state index contributed by atoms with van der Waals surface area (Å²) in [6, 6.07) is -4.48. The van der Waals surface area contributed by atoms with Crippen molar-refractivity contribution in [2.24, 2.45) is 34.0 Å². The number of guanidine groups is 1. The van der Waals surface area contributed by atoms with Crippen LogP contribution in [0.25, 0.3) is 0 Å². The first-order valence-electron chi connectivity index (χ1n) is 11.8. The third-order valence-electron chi connectivity index (χ3n) is 5.06.